The molecule has 1 N–H and O–H groups in total. The summed E-state index contributed by atoms with van der Waals surface area (Å²) in [5.74, 6) is -0.398. The van der Waals surface area contributed by atoms with E-state index in [-0.39, 0.29) is 11.8 Å². The summed E-state index contributed by atoms with van der Waals surface area (Å²) >= 11 is 0. The van der Waals surface area contributed by atoms with Gasteiger partial charge in [0.1, 0.15) is 5.92 Å². The molecule has 1 amide bonds. The Morgan fingerprint density at radius 1 is 1.38 bits per heavy atom. The average Bonchev–Trinajstić information content (AvgIpc) is 2.33. The smallest absolute Gasteiger partial charge is 0.238 e. The van der Waals surface area contributed by atoms with Crippen molar-refractivity contribution in [1.82, 2.24) is 5.32 Å². The van der Waals surface area contributed by atoms with Crippen LogP contribution in [0.15, 0.2) is 30.3 Å². The minimum atomic E-state index is -0.564. The third-order valence-corrected chi connectivity index (χ3v) is 3.18. The van der Waals surface area contributed by atoms with E-state index in [1.807, 2.05) is 30.3 Å². The molecule has 1 heterocycles. The molecule has 2 rings (SSSR count). The number of carbonyl (C=O) groups is 1. The maximum atomic E-state index is 11.6. The normalized spacial score (nSPS) is 29.2. The molecule has 0 aromatic heterocycles. The summed E-state index contributed by atoms with van der Waals surface area (Å²) in [6.07, 6.45) is 0. The summed E-state index contributed by atoms with van der Waals surface area (Å²) in [5, 5.41) is 11.9. The number of hydrogen-bond acceptors (Lipinski definition) is 2. The maximum absolute atomic E-state index is 11.6. The fourth-order valence-corrected chi connectivity index (χ4v) is 2.33. The van der Waals surface area contributed by atoms with E-state index in [1.54, 1.807) is 0 Å². The average molecular weight is 214 g/mol. The van der Waals surface area contributed by atoms with Gasteiger partial charge < -0.3 is 5.32 Å². The molecular formula is C13H14N2O. The summed E-state index contributed by atoms with van der Waals surface area (Å²) in [5.41, 5.74) is 1.08. The summed E-state index contributed by atoms with van der Waals surface area (Å²) in [7, 11) is 0. The molecule has 82 valence electrons. The van der Waals surface area contributed by atoms with Gasteiger partial charge in [-0.1, -0.05) is 37.3 Å². The Bertz CT molecular complexity index is 421. The van der Waals surface area contributed by atoms with Crippen LogP contribution in [-0.4, -0.2) is 12.5 Å². The molecule has 1 aliphatic heterocycles. The van der Waals surface area contributed by atoms with E-state index < -0.39 is 5.92 Å². The van der Waals surface area contributed by atoms with Gasteiger partial charge in [0.2, 0.25) is 5.91 Å². The molecule has 0 spiro atoms. The zero-order valence-corrected chi connectivity index (χ0v) is 9.18. The molecule has 3 heteroatoms. The van der Waals surface area contributed by atoms with Crippen LogP contribution in [0, 0.1) is 23.2 Å². The Morgan fingerprint density at radius 2 is 2.06 bits per heavy atom. The van der Waals surface area contributed by atoms with Gasteiger partial charge in [-0.15, -0.1) is 0 Å². The lowest BCUT2D eigenvalue weighted by Crippen LogP contribution is -2.45. The SMILES string of the molecule is CC1CNC(=O)C(C#N)C1c1ccccc1. The molecule has 1 fully saturated rings. The molecular weight excluding hydrogens is 200 g/mol. The molecule has 1 aromatic rings. The molecule has 0 saturated carbocycles. The van der Waals surface area contributed by atoms with Crippen molar-refractivity contribution in [3.63, 3.8) is 0 Å². The van der Waals surface area contributed by atoms with Gasteiger partial charge in [-0.2, -0.15) is 5.26 Å². The predicted molar refractivity (Wildman–Crippen MR) is 60.5 cm³/mol. The topological polar surface area (TPSA) is 52.9 Å². The minimum absolute atomic E-state index is 0.0138. The van der Waals surface area contributed by atoms with Gasteiger partial charge in [-0.25, -0.2) is 0 Å². The summed E-state index contributed by atoms with van der Waals surface area (Å²) < 4.78 is 0. The quantitative estimate of drug-likeness (QED) is 0.773. The summed E-state index contributed by atoms with van der Waals surface area (Å²) in [4.78, 5) is 11.6. The molecule has 0 aliphatic carbocycles. The second-order valence-corrected chi connectivity index (χ2v) is 4.27. The van der Waals surface area contributed by atoms with Crippen LogP contribution in [0.25, 0.3) is 0 Å². The molecule has 1 saturated heterocycles. The van der Waals surface area contributed by atoms with Crippen LogP contribution in [0.1, 0.15) is 18.4 Å². The zero-order valence-electron chi connectivity index (χ0n) is 9.18. The van der Waals surface area contributed by atoms with Crippen molar-refractivity contribution in [3.8, 4) is 6.07 Å². The fourth-order valence-electron chi connectivity index (χ4n) is 2.33. The number of carbonyl (C=O) groups excluding carboxylic acids is 1. The van der Waals surface area contributed by atoms with Crippen LogP contribution in [0.2, 0.25) is 0 Å². The summed E-state index contributed by atoms with van der Waals surface area (Å²) in [6.45, 7) is 2.72. The molecule has 16 heavy (non-hydrogen) atoms. The molecule has 1 aromatic carbocycles. The number of hydrogen-bond donors (Lipinski definition) is 1. The second-order valence-electron chi connectivity index (χ2n) is 4.27. The van der Waals surface area contributed by atoms with Crippen molar-refractivity contribution in [2.45, 2.75) is 12.8 Å². The number of nitrogens with one attached hydrogen (secondary N) is 1. The standard InChI is InChI=1S/C13H14N2O/c1-9-8-15-13(16)11(7-14)12(9)10-5-3-2-4-6-10/h2-6,9,11-12H,8H2,1H3,(H,15,16). The fraction of sp³-hybridized carbons (Fsp3) is 0.385. The first kappa shape index (κ1) is 10.7. The van der Waals surface area contributed by atoms with E-state index >= 15 is 0 Å². The Labute approximate surface area is 95.1 Å². The third-order valence-electron chi connectivity index (χ3n) is 3.18. The van der Waals surface area contributed by atoms with Crippen molar-refractivity contribution in [2.75, 3.05) is 6.54 Å². The number of piperidine rings is 1. The first-order chi connectivity index (χ1) is 7.74. The number of nitriles is 1. The first-order valence-corrected chi connectivity index (χ1v) is 5.46. The van der Waals surface area contributed by atoms with Crippen molar-refractivity contribution in [2.24, 2.45) is 11.8 Å². The van der Waals surface area contributed by atoms with E-state index in [0.717, 1.165) is 5.56 Å². The highest BCUT2D eigenvalue weighted by molar-refractivity contribution is 5.83. The highest BCUT2D eigenvalue weighted by atomic mass is 16.1. The van der Waals surface area contributed by atoms with Gasteiger partial charge in [-0.05, 0) is 11.5 Å². The van der Waals surface area contributed by atoms with E-state index in [2.05, 4.69) is 18.3 Å². The van der Waals surface area contributed by atoms with Crippen molar-refractivity contribution < 1.29 is 4.79 Å². The molecule has 3 nitrogen and oxygen atoms in total. The lowest BCUT2D eigenvalue weighted by Gasteiger charge is -2.32. The molecule has 0 radical (unpaired) electrons. The monoisotopic (exact) mass is 214 g/mol. The van der Waals surface area contributed by atoms with Crippen LogP contribution in [0.5, 0.6) is 0 Å². The lowest BCUT2D eigenvalue weighted by molar-refractivity contribution is -0.126. The Kier molecular flexibility index (Phi) is 2.91. The Balaban J connectivity index is 2.36. The van der Waals surface area contributed by atoms with E-state index in [1.165, 1.54) is 0 Å². The van der Waals surface area contributed by atoms with Gasteiger partial charge in [0.15, 0.2) is 0 Å². The first-order valence-electron chi connectivity index (χ1n) is 5.46. The second kappa shape index (κ2) is 4.36. The van der Waals surface area contributed by atoms with Gasteiger partial charge in [0, 0.05) is 12.5 Å². The molecule has 0 bridgehead atoms. The van der Waals surface area contributed by atoms with Crippen molar-refractivity contribution >= 4 is 5.91 Å². The summed E-state index contributed by atoms with van der Waals surface area (Å²) in [6, 6.07) is 11.9. The van der Waals surface area contributed by atoms with Crippen LogP contribution < -0.4 is 5.32 Å². The highest BCUT2D eigenvalue weighted by Gasteiger charge is 2.37. The largest absolute Gasteiger partial charge is 0.355 e. The number of nitrogens with zero attached hydrogens (tertiary/aromatic N) is 1. The van der Waals surface area contributed by atoms with Gasteiger partial charge in [0.25, 0.3) is 0 Å². The van der Waals surface area contributed by atoms with Crippen LogP contribution in [0.4, 0.5) is 0 Å². The van der Waals surface area contributed by atoms with E-state index in [4.69, 9.17) is 5.26 Å². The number of amides is 1. The highest BCUT2D eigenvalue weighted by Crippen LogP contribution is 2.34. The van der Waals surface area contributed by atoms with E-state index in [0.29, 0.717) is 12.5 Å². The predicted octanol–water partition coefficient (Wildman–Crippen LogP) is 1.68. The van der Waals surface area contributed by atoms with Crippen LogP contribution in [-0.2, 0) is 4.79 Å². The maximum Gasteiger partial charge on any atom is 0.238 e. The minimum Gasteiger partial charge on any atom is -0.355 e. The van der Waals surface area contributed by atoms with Crippen molar-refractivity contribution in [1.29, 1.82) is 5.26 Å². The lowest BCUT2D eigenvalue weighted by atomic mass is 9.75. The zero-order chi connectivity index (χ0) is 11.5. The molecule has 3 unspecified atom stereocenters. The van der Waals surface area contributed by atoms with Gasteiger partial charge in [-0.3, -0.25) is 4.79 Å². The number of rotatable bonds is 1. The van der Waals surface area contributed by atoms with Crippen LogP contribution in [0.3, 0.4) is 0 Å². The van der Waals surface area contributed by atoms with Gasteiger partial charge in [0.05, 0.1) is 6.07 Å². The van der Waals surface area contributed by atoms with E-state index in [9.17, 15) is 4.79 Å². The molecule has 1 aliphatic rings. The molecule has 3 atom stereocenters. The van der Waals surface area contributed by atoms with Crippen molar-refractivity contribution in [3.05, 3.63) is 35.9 Å². The van der Waals surface area contributed by atoms with Gasteiger partial charge >= 0.3 is 0 Å². The number of benzene rings is 1. The Hall–Kier alpha value is -1.82. The van der Waals surface area contributed by atoms with Crippen LogP contribution >= 0.6 is 0 Å². The third kappa shape index (κ3) is 1.79. The Morgan fingerprint density at radius 3 is 2.69 bits per heavy atom.